The van der Waals surface area contributed by atoms with Crippen molar-refractivity contribution < 1.29 is 31.2 Å². The van der Waals surface area contributed by atoms with Crippen molar-refractivity contribution in [2.75, 3.05) is 17.1 Å². The van der Waals surface area contributed by atoms with E-state index >= 15 is 0 Å². The van der Waals surface area contributed by atoms with Crippen LogP contribution in [-0.2, 0) is 32.3 Å². The number of carbonyl (C=O) groups excluding carboxylic acids is 2. The van der Waals surface area contributed by atoms with Crippen LogP contribution in [0.3, 0.4) is 0 Å². The third kappa shape index (κ3) is 8.51. The van der Waals surface area contributed by atoms with E-state index in [-0.39, 0.29) is 34.7 Å². The Morgan fingerprint density at radius 1 is 1.05 bits per heavy atom. The summed E-state index contributed by atoms with van der Waals surface area (Å²) in [5.74, 6) is -1.25. The molecule has 1 atom stereocenters. The minimum Gasteiger partial charge on any atom is -0.352 e. The quantitative estimate of drug-likeness (QED) is 0.422. The standard InChI is InChI=1S/C24H28Cl2F3N3O4S/c1-5-21(23(34)30-15(2)3)31(13-16-9-10-19(25)20(26)11-16)22(33)14-32(37(4,35)36)18-8-6-7-17(12-18)24(27,28)29/h6-12,15,21H,5,13-14H2,1-4H3,(H,30,34)/t21-/m1/s1. The predicted octanol–water partition coefficient (Wildman–Crippen LogP) is 5.11. The van der Waals surface area contributed by atoms with Crippen LogP contribution in [0.15, 0.2) is 42.5 Å². The molecular formula is C24H28Cl2F3N3O4S. The van der Waals surface area contributed by atoms with Crippen molar-refractivity contribution in [1.82, 2.24) is 10.2 Å². The first-order valence-corrected chi connectivity index (χ1v) is 13.8. The molecule has 37 heavy (non-hydrogen) atoms. The first-order chi connectivity index (χ1) is 17.0. The fraction of sp³-hybridized carbons (Fsp3) is 0.417. The molecular weight excluding hydrogens is 554 g/mol. The van der Waals surface area contributed by atoms with Gasteiger partial charge < -0.3 is 10.2 Å². The molecule has 2 amide bonds. The molecule has 0 radical (unpaired) electrons. The van der Waals surface area contributed by atoms with Gasteiger partial charge in [0.1, 0.15) is 12.6 Å². The van der Waals surface area contributed by atoms with Crippen molar-refractivity contribution >= 4 is 50.7 Å². The smallest absolute Gasteiger partial charge is 0.352 e. The maximum absolute atomic E-state index is 13.6. The maximum atomic E-state index is 13.6. The van der Waals surface area contributed by atoms with Gasteiger partial charge in [0.25, 0.3) is 0 Å². The molecule has 7 nitrogen and oxygen atoms in total. The Morgan fingerprint density at radius 3 is 2.22 bits per heavy atom. The van der Waals surface area contributed by atoms with Crippen molar-refractivity contribution in [3.63, 3.8) is 0 Å². The third-order valence-corrected chi connectivity index (χ3v) is 7.17. The molecule has 13 heteroatoms. The average molecular weight is 582 g/mol. The van der Waals surface area contributed by atoms with Gasteiger partial charge in [-0.05, 0) is 56.2 Å². The van der Waals surface area contributed by atoms with E-state index in [0.29, 0.717) is 15.9 Å². The SMILES string of the molecule is CC[C@H](C(=O)NC(C)C)N(Cc1ccc(Cl)c(Cl)c1)C(=O)CN(c1cccc(C(F)(F)F)c1)S(C)(=O)=O. The summed E-state index contributed by atoms with van der Waals surface area (Å²) in [6.45, 7) is 4.22. The Bertz CT molecular complexity index is 1240. The zero-order chi connectivity index (χ0) is 28.1. The van der Waals surface area contributed by atoms with Crippen molar-refractivity contribution in [3.8, 4) is 0 Å². The lowest BCUT2D eigenvalue weighted by atomic mass is 10.1. The van der Waals surface area contributed by atoms with Gasteiger partial charge in [-0.3, -0.25) is 13.9 Å². The molecule has 0 heterocycles. The van der Waals surface area contributed by atoms with E-state index in [2.05, 4.69) is 5.32 Å². The van der Waals surface area contributed by atoms with Crippen LogP contribution in [0.5, 0.6) is 0 Å². The summed E-state index contributed by atoms with van der Waals surface area (Å²) in [5, 5.41) is 3.23. The van der Waals surface area contributed by atoms with Crippen molar-refractivity contribution in [2.45, 2.75) is 52.0 Å². The summed E-state index contributed by atoms with van der Waals surface area (Å²) in [6, 6.07) is 7.07. The number of nitrogens with zero attached hydrogens (tertiary/aromatic N) is 2. The second-order valence-electron chi connectivity index (χ2n) is 8.68. The highest BCUT2D eigenvalue weighted by molar-refractivity contribution is 7.92. The van der Waals surface area contributed by atoms with Gasteiger partial charge in [-0.2, -0.15) is 13.2 Å². The van der Waals surface area contributed by atoms with E-state index in [9.17, 15) is 31.2 Å². The number of hydrogen-bond donors (Lipinski definition) is 1. The summed E-state index contributed by atoms with van der Waals surface area (Å²) in [7, 11) is -4.19. The van der Waals surface area contributed by atoms with Crippen LogP contribution in [0.4, 0.5) is 18.9 Å². The maximum Gasteiger partial charge on any atom is 0.416 e. The summed E-state index contributed by atoms with van der Waals surface area (Å²) < 4.78 is 65.5. The second-order valence-corrected chi connectivity index (χ2v) is 11.4. The topological polar surface area (TPSA) is 86.8 Å². The summed E-state index contributed by atoms with van der Waals surface area (Å²) in [5.41, 5.74) is -0.884. The molecule has 0 fully saturated rings. The van der Waals surface area contributed by atoms with E-state index in [1.54, 1.807) is 26.8 Å². The van der Waals surface area contributed by atoms with Gasteiger partial charge in [0.15, 0.2) is 0 Å². The highest BCUT2D eigenvalue weighted by Gasteiger charge is 2.34. The number of carbonyl (C=O) groups is 2. The number of rotatable bonds is 10. The van der Waals surface area contributed by atoms with Crippen LogP contribution in [0.2, 0.25) is 10.0 Å². The Morgan fingerprint density at radius 2 is 1.70 bits per heavy atom. The first kappa shape index (κ1) is 30.7. The van der Waals surface area contributed by atoms with Gasteiger partial charge in [-0.1, -0.05) is 42.3 Å². The monoisotopic (exact) mass is 581 g/mol. The average Bonchev–Trinajstić information content (AvgIpc) is 2.77. The number of hydrogen-bond acceptors (Lipinski definition) is 4. The van der Waals surface area contributed by atoms with Crippen LogP contribution in [-0.4, -0.2) is 50.0 Å². The van der Waals surface area contributed by atoms with E-state index in [1.165, 1.54) is 17.0 Å². The van der Waals surface area contributed by atoms with Gasteiger partial charge in [0.05, 0.1) is 27.6 Å². The normalized spacial score (nSPS) is 12.8. The van der Waals surface area contributed by atoms with Crippen molar-refractivity contribution in [2.24, 2.45) is 0 Å². The molecule has 0 aliphatic rings. The minimum atomic E-state index is -4.72. The van der Waals surface area contributed by atoms with Crippen LogP contribution in [0, 0.1) is 0 Å². The number of anilines is 1. The van der Waals surface area contributed by atoms with Gasteiger partial charge in [-0.15, -0.1) is 0 Å². The second kappa shape index (κ2) is 12.4. The summed E-state index contributed by atoms with van der Waals surface area (Å²) >= 11 is 12.1. The molecule has 2 aromatic carbocycles. The molecule has 0 aliphatic carbocycles. The molecule has 0 bridgehead atoms. The van der Waals surface area contributed by atoms with E-state index < -0.39 is 46.2 Å². The fourth-order valence-corrected chi connectivity index (χ4v) is 4.75. The Balaban J connectivity index is 2.51. The predicted molar refractivity (Wildman–Crippen MR) is 138 cm³/mol. The van der Waals surface area contributed by atoms with Crippen LogP contribution >= 0.6 is 23.2 Å². The summed E-state index contributed by atoms with van der Waals surface area (Å²) in [4.78, 5) is 27.7. The van der Waals surface area contributed by atoms with Gasteiger partial charge in [0, 0.05) is 12.6 Å². The van der Waals surface area contributed by atoms with Crippen LogP contribution in [0.1, 0.15) is 38.3 Å². The zero-order valence-corrected chi connectivity index (χ0v) is 23.0. The van der Waals surface area contributed by atoms with Crippen LogP contribution in [0.25, 0.3) is 0 Å². The van der Waals surface area contributed by atoms with Gasteiger partial charge in [-0.25, -0.2) is 8.42 Å². The largest absolute Gasteiger partial charge is 0.416 e. The highest BCUT2D eigenvalue weighted by atomic mass is 35.5. The first-order valence-electron chi connectivity index (χ1n) is 11.2. The molecule has 2 rings (SSSR count). The Hall–Kier alpha value is -2.50. The lowest BCUT2D eigenvalue weighted by molar-refractivity contribution is -0.140. The molecule has 2 aromatic rings. The molecule has 0 saturated carbocycles. The molecule has 0 aliphatic heterocycles. The number of alkyl halides is 3. The number of sulfonamides is 1. The summed E-state index contributed by atoms with van der Waals surface area (Å²) in [6.07, 6.45) is -3.74. The number of halogens is 5. The van der Waals surface area contributed by atoms with E-state index in [4.69, 9.17) is 23.2 Å². The molecule has 204 valence electrons. The minimum absolute atomic E-state index is 0.125. The Kier molecular flexibility index (Phi) is 10.3. The molecule has 0 spiro atoms. The fourth-order valence-electron chi connectivity index (χ4n) is 3.59. The van der Waals surface area contributed by atoms with Gasteiger partial charge >= 0.3 is 6.18 Å². The van der Waals surface area contributed by atoms with Crippen molar-refractivity contribution in [1.29, 1.82) is 0 Å². The van der Waals surface area contributed by atoms with Crippen LogP contribution < -0.4 is 9.62 Å². The van der Waals surface area contributed by atoms with Crippen molar-refractivity contribution in [3.05, 3.63) is 63.6 Å². The number of amides is 2. The lowest BCUT2D eigenvalue weighted by Crippen LogP contribution is -2.53. The molecule has 0 unspecified atom stereocenters. The number of nitrogens with one attached hydrogen (secondary N) is 1. The zero-order valence-electron chi connectivity index (χ0n) is 20.6. The van der Waals surface area contributed by atoms with E-state index in [0.717, 1.165) is 24.5 Å². The van der Waals surface area contributed by atoms with Gasteiger partial charge in [0.2, 0.25) is 21.8 Å². The number of benzene rings is 2. The molecule has 1 N–H and O–H groups in total. The molecule has 0 saturated heterocycles. The third-order valence-electron chi connectivity index (χ3n) is 5.29. The lowest BCUT2D eigenvalue weighted by Gasteiger charge is -2.33. The van der Waals surface area contributed by atoms with E-state index in [1.807, 2.05) is 0 Å². The highest BCUT2D eigenvalue weighted by Crippen LogP contribution is 2.32. The Labute approximate surface area is 224 Å². The molecule has 0 aromatic heterocycles.